The van der Waals surface area contributed by atoms with Gasteiger partial charge in [0.1, 0.15) is 0 Å². The molecule has 0 saturated heterocycles. The van der Waals surface area contributed by atoms with Crippen molar-refractivity contribution >= 4 is 5.69 Å². The molecule has 0 aromatic heterocycles. The quantitative estimate of drug-likeness (QED) is 0.401. The lowest BCUT2D eigenvalue weighted by Gasteiger charge is -2.15. The van der Waals surface area contributed by atoms with E-state index in [0.29, 0.717) is 11.3 Å². The second kappa shape index (κ2) is 42.0. The van der Waals surface area contributed by atoms with Gasteiger partial charge in [-0.25, -0.2) is 0 Å². The van der Waals surface area contributed by atoms with Crippen LogP contribution in [0.15, 0.2) is 9.59 Å². The summed E-state index contributed by atoms with van der Waals surface area (Å²) in [7, 11) is 4.62. The van der Waals surface area contributed by atoms with Crippen molar-refractivity contribution in [2.24, 2.45) is 5.73 Å². The van der Waals surface area contributed by atoms with Crippen LogP contribution in [0.2, 0.25) is 0 Å². The highest BCUT2D eigenvalue weighted by Crippen LogP contribution is 2.05. The molecule has 0 fully saturated rings. The molecule has 0 amide bonds. The molecule has 6 heteroatoms. The number of hydrogen-bond acceptors (Lipinski definition) is 6. The third-order valence-corrected chi connectivity index (χ3v) is 3.02. The summed E-state index contributed by atoms with van der Waals surface area (Å²) < 4.78 is 0. The van der Waals surface area contributed by atoms with E-state index in [2.05, 4.69) is 43.8 Å². The van der Waals surface area contributed by atoms with Crippen molar-refractivity contribution in [2.75, 3.05) is 46.2 Å². The maximum Gasteiger partial charge on any atom is 0.249 e. The Kier molecular flexibility index (Phi) is 59.9. The molecule has 1 aromatic carbocycles. The van der Waals surface area contributed by atoms with E-state index in [-0.39, 0.29) is 10.9 Å². The van der Waals surface area contributed by atoms with Crippen molar-refractivity contribution in [2.45, 2.75) is 94.9 Å². The fourth-order valence-corrected chi connectivity index (χ4v) is 1.93. The van der Waals surface area contributed by atoms with Crippen molar-refractivity contribution < 1.29 is 5.11 Å². The van der Waals surface area contributed by atoms with Crippen LogP contribution in [0.3, 0.4) is 0 Å². The summed E-state index contributed by atoms with van der Waals surface area (Å²) in [6.07, 6.45) is 4.56. The Bertz CT molecular complexity index is 443. The third kappa shape index (κ3) is 26.8. The lowest BCUT2D eigenvalue weighted by Crippen LogP contribution is -2.37. The highest BCUT2D eigenvalue weighted by atomic mass is 16.2. The van der Waals surface area contributed by atoms with Crippen molar-refractivity contribution in [3.05, 3.63) is 26.0 Å². The average Bonchev–Trinajstić information content (AvgIpc) is 2.83. The minimum absolute atomic E-state index is 0.338. The SMILES string of the molecule is CC.CC.CC.CCC.CCCN(C)CCCCNc1c(C)c(=O)c1=O.CN.CO. The van der Waals surface area contributed by atoms with Gasteiger partial charge in [-0.2, -0.15) is 0 Å². The molecule has 0 aliphatic heterocycles. The van der Waals surface area contributed by atoms with Crippen LogP contribution < -0.4 is 21.9 Å². The molecule has 0 saturated carbocycles. The third-order valence-electron chi connectivity index (χ3n) is 3.02. The summed E-state index contributed by atoms with van der Waals surface area (Å²) in [5, 5.41) is 10.0. The van der Waals surface area contributed by atoms with E-state index in [9.17, 15) is 9.59 Å². The summed E-state index contributed by atoms with van der Waals surface area (Å²) in [6, 6.07) is 0. The maximum atomic E-state index is 11.2. The summed E-state index contributed by atoms with van der Waals surface area (Å²) >= 11 is 0. The monoisotopic (exact) mass is 435 g/mol. The molecular formula is C24H57N3O3. The minimum Gasteiger partial charge on any atom is -0.400 e. The number of aliphatic hydroxyl groups is 1. The lowest BCUT2D eigenvalue weighted by atomic mass is 10.1. The molecule has 6 nitrogen and oxygen atoms in total. The van der Waals surface area contributed by atoms with Gasteiger partial charge >= 0.3 is 0 Å². The maximum absolute atomic E-state index is 11.2. The van der Waals surface area contributed by atoms with E-state index in [4.69, 9.17) is 5.11 Å². The van der Waals surface area contributed by atoms with E-state index >= 15 is 0 Å². The Morgan fingerprint density at radius 1 is 0.833 bits per heavy atom. The molecule has 1 aromatic rings. The molecule has 0 unspecified atom stereocenters. The van der Waals surface area contributed by atoms with E-state index in [0.717, 1.165) is 39.6 Å². The van der Waals surface area contributed by atoms with Gasteiger partial charge in [0.15, 0.2) is 0 Å². The van der Waals surface area contributed by atoms with Crippen LogP contribution >= 0.6 is 0 Å². The predicted octanol–water partition coefficient (Wildman–Crippen LogP) is 4.80. The number of nitrogens with two attached hydrogens (primary N) is 1. The molecule has 4 N–H and O–H groups in total. The highest BCUT2D eigenvalue weighted by molar-refractivity contribution is 5.55. The largest absolute Gasteiger partial charge is 0.400 e. The molecule has 0 radical (unpaired) electrons. The second-order valence-corrected chi connectivity index (χ2v) is 5.30. The normalized spacial score (nSPS) is 8.00. The summed E-state index contributed by atoms with van der Waals surface area (Å²) in [5.74, 6) is 0. The molecule has 0 aliphatic rings. The van der Waals surface area contributed by atoms with Gasteiger partial charge in [0, 0.05) is 19.2 Å². The molecule has 0 heterocycles. The van der Waals surface area contributed by atoms with Gasteiger partial charge in [-0.15, -0.1) is 0 Å². The molecule has 186 valence electrons. The zero-order valence-corrected chi connectivity index (χ0v) is 22.7. The molecule has 0 bridgehead atoms. The Labute approximate surface area is 189 Å². The van der Waals surface area contributed by atoms with Crippen LogP contribution in [0, 0.1) is 6.92 Å². The smallest absolute Gasteiger partial charge is 0.249 e. The van der Waals surface area contributed by atoms with Crippen molar-refractivity contribution in [3.8, 4) is 0 Å². The second-order valence-electron chi connectivity index (χ2n) is 5.30. The van der Waals surface area contributed by atoms with Crippen LogP contribution in [-0.2, 0) is 0 Å². The Hall–Kier alpha value is -1.24. The van der Waals surface area contributed by atoms with Crippen LogP contribution in [0.1, 0.15) is 93.6 Å². The van der Waals surface area contributed by atoms with Crippen LogP contribution in [0.5, 0.6) is 0 Å². The highest BCUT2D eigenvalue weighted by Gasteiger charge is 2.15. The van der Waals surface area contributed by atoms with Crippen molar-refractivity contribution in [3.63, 3.8) is 0 Å². The average molecular weight is 436 g/mol. The number of unbranched alkanes of at least 4 members (excludes halogenated alkanes) is 1. The Morgan fingerprint density at radius 2 is 1.23 bits per heavy atom. The lowest BCUT2D eigenvalue weighted by molar-refractivity contribution is 0.328. The first kappa shape index (κ1) is 42.8. The van der Waals surface area contributed by atoms with E-state index in [1.54, 1.807) is 6.92 Å². The van der Waals surface area contributed by atoms with E-state index in [1.807, 2.05) is 41.5 Å². The summed E-state index contributed by atoms with van der Waals surface area (Å²) in [6.45, 7) is 23.1. The summed E-state index contributed by atoms with van der Waals surface area (Å²) in [5.41, 5.74) is 4.91. The fourth-order valence-electron chi connectivity index (χ4n) is 1.93. The minimum atomic E-state index is -0.356. The molecule has 0 spiro atoms. The first-order valence-electron chi connectivity index (χ1n) is 11.7. The van der Waals surface area contributed by atoms with Gasteiger partial charge in [0.2, 0.25) is 10.9 Å². The van der Waals surface area contributed by atoms with Gasteiger partial charge < -0.3 is 21.1 Å². The predicted molar refractivity (Wildman–Crippen MR) is 140 cm³/mol. The number of nitrogens with zero attached hydrogens (tertiary/aromatic N) is 1. The first-order chi connectivity index (χ1) is 14.5. The Balaban J connectivity index is -0.0000000936. The number of aliphatic hydroxyl groups excluding tert-OH is 1. The topological polar surface area (TPSA) is 95.7 Å². The number of nitrogens with one attached hydrogen (secondary N) is 1. The van der Waals surface area contributed by atoms with Crippen LogP contribution in [0.25, 0.3) is 0 Å². The van der Waals surface area contributed by atoms with Gasteiger partial charge in [-0.3, -0.25) is 9.59 Å². The van der Waals surface area contributed by atoms with Gasteiger partial charge in [-0.05, 0) is 53.4 Å². The van der Waals surface area contributed by atoms with Gasteiger partial charge in [0.05, 0.1) is 5.69 Å². The molecule has 1 rings (SSSR count). The molecule has 0 aliphatic carbocycles. The number of anilines is 1. The van der Waals surface area contributed by atoms with Crippen LogP contribution in [0.4, 0.5) is 5.69 Å². The molecule has 30 heavy (non-hydrogen) atoms. The standard InChI is InChI=1S/C13H22N2O2.C3H8.3C2H6.CH5N.CH4O/c1-4-8-15(3)9-6-5-7-14-11-10(2)12(16)13(11)17;1-3-2;5*1-2/h14H,4-9H2,1-3H3;3H2,1-2H3;3*1-2H3;2H2,1H3;2H,1H3. The molecule has 0 atom stereocenters. The number of rotatable bonds is 8. The fraction of sp³-hybridized carbons (Fsp3) is 0.833. The Morgan fingerprint density at radius 3 is 1.57 bits per heavy atom. The van der Waals surface area contributed by atoms with E-state index in [1.165, 1.54) is 19.9 Å². The van der Waals surface area contributed by atoms with Gasteiger partial charge in [0.25, 0.3) is 0 Å². The van der Waals surface area contributed by atoms with Gasteiger partial charge in [-0.1, -0.05) is 68.7 Å². The zero-order chi connectivity index (χ0) is 25.5. The zero-order valence-electron chi connectivity index (χ0n) is 22.7. The molecular weight excluding hydrogens is 378 g/mol. The van der Waals surface area contributed by atoms with Crippen molar-refractivity contribution in [1.29, 1.82) is 0 Å². The number of hydrogen-bond donors (Lipinski definition) is 3. The van der Waals surface area contributed by atoms with Crippen LogP contribution in [-0.4, -0.2) is 50.8 Å². The van der Waals surface area contributed by atoms with Crippen molar-refractivity contribution in [1.82, 2.24) is 4.90 Å². The van der Waals surface area contributed by atoms with E-state index < -0.39 is 0 Å². The first-order valence-corrected chi connectivity index (χ1v) is 11.7. The summed E-state index contributed by atoms with van der Waals surface area (Å²) in [4.78, 5) is 24.4.